The molecule has 0 saturated carbocycles. The van der Waals surface area contributed by atoms with E-state index in [4.69, 9.17) is 15.8 Å². The van der Waals surface area contributed by atoms with Gasteiger partial charge in [0.1, 0.15) is 5.75 Å². The second kappa shape index (κ2) is 4.73. The van der Waals surface area contributed by atoms with Crippen LogP contribution < -0.4 is 9.83 Å². The van der Waals surface area contributed by atoms with E-state index in [1.807, 2.05) is 12.1 Å². The molecule has 0 saturated heterocycles. The van der Waals surface area contributed by atoms with Crippen molar-refractivity contribution in [2.45, 2.75) is 0 Å². The summed E-state index contributed by atoms with van der Waals surface area (Å²) in [5.41, 5.74) is 0. The maximum Gasteiger partial charge on any atom is 0.366 e. The Morgan fingerprint density at radius 1 is 0.875 bits per heavy atom. The summed E-state index contributed by atoms with van der Waals surface area (Å²) in [6, 6.07) is 17.7. The zero-order valence-corrected chi connectivity index (χ0v) is 10.1. The predicted molar refractivity (Wildman–Crippen MR) is 66.6 cm³/mol. The van der Waals surface area contributed by atoms with Gasteiger partial charge in [0.15, 0.2) is 0 Å². The number of hydrogen-bond acceptors (Lipinski definition) is 2. The third-order valence-corrected chi connectivity index (χ3v) is 4.18. The smallest absolute Gasteiger partial charge is 0.366 e. The van der Waals surface area contributed by atoms with E-state index in [0.717, 1.165) is 0 Å². The Hall–Kier alpha value is -1.24. The van der Waals surface area contributed by atoms with E-state index in [-0.39, 0.29) is 0 Å². The summed E-state index contributed by atoms with van der Waals surface area (Å²) in [6.07, 6.45) is 0. The van der Waals surface area contributed by atoms with Gasteiger partial charge in [-0.25, -0.2) is 0 Å². The molecular weight excluding hydrogens is 243 g/mol. The molecule has 0 aliphatic carbocycles. The van der Waals surface area contributed by atoms with Gasteiger partial charge in [-0.2, -0.15) is 0 Å². The number of benzene rings is 2. The van der Waals surface area contributed by atoms with Gasteiger partial charge in [-0.1, -0.05) is 36.4 Å². The topological polar surface area (TPSA) is 26.3 Å². The number of rotatable bonds is 3. The SMILES string of the molecule is O=[P@@](Cl)(Oc1ccccc1)c1ccccc1. The highest BCUT2D eigenvalue weighted by molar-refractivity contribution is 7.91. The Labute approximate surface area is 99.1 Å². The van der Waals surface area contributed by atoms with Gasteiger partial charge in [0.2, 0.25) is 0 Å². The number of halogens is 1. The summed E-state index contributed by atoms with van der Waals surface area (Å²) in [6.45, 7) is -3.29. The van der Waals surface area contributed by atoms with Crippen molar-refractivity contribution in [1.82, 2.24) is 0 Å². The summed E-state index contributed by atoms with van der Waals surface area (Å²) in [7, 11) is 0. The van der Waals surface area contributed by atoms with Crippen molar-refractivity contribution in [2.75, 3.05) is 0 Å². The first-order chi connectivity index (χ1) is 7.68. The molecule has 0 heterocycles. The Morgan fingerprint density at radius 2 is 1.38 bits per heavy atom. The fourth-order valence-corrected chi connectivity index (χ4v) is 2.88. The van der Waals surface area contributed by atoms with Crippen molar-refractivity contribution in [3.05, 3.63) is 60.7 Å². The zero-order valence-electron chi connectivity index (χ0n) is 8.42. The van der Waals surface area contributed by atoms with Crippen LogP contribution in [0.4, 0.5) is 0 Å². The quantitative estimate of drug-likeness (QED) is 0.776. The second-order valence-corrected chi connectivity index (χ2v) is 6.21. The van der Waals surface area contributed by atoms with E-state index in [2.05, 4.69) is 0 Å². The molecule has 2 aromatic rings. The Morgan fingerprint density at radius 3 is 1.94 bits per heavy atom. The minimum Gasteiger partial charge on any atom is -0.430 e. The molecule has 0 fully saturated rings. The molecule has 2 aromatic carbocycles. The summed E-state index contributed by atoms with van der Waals surface area (Å²) < 4.78 is 17.4. The van der Waals surface area contributed by atoms with Crippen molar-refractivity contribution in [3.8, 4) is 5.75 Å². The highest BCUT2D eigenvalue weighted by Crippen LogP contribution is 2.50. The monoisotopic (exact) mass is 252 g/mol. The summed E-state index contributed by atoms with van der Waals surface area (Å²) in [5.74, 6) is 0.504. The fourth-order valence-electron chi connectivity index (χ4n) is 1.28. The second-order valence-electron chi connectivity index (χ2n) is 3.22. The lowest BCUT2D eigenvalue weighted by molar-refractivity contribution is 0.508. The van der Waals surface area contributed by atoms with Crippen LogP contribution in [0, 0.1) is 0 Å². The molecule has 0 spiro atoms. The van der Waals surface area contributed by atoms with Crippen LogP contribution in [-0.4, -0.2) is 0 Å². The van der Waals surface area contributed by atoms with Crippen LogP contribution in [0.5, 0.6) is 5.75 Å². The third-order valence-electron chi connectivity index (χ3n) is 2.03. The van der Waals surface area contributed by atoms with Gasteiger partial charge in [0.25, 0.3) is 0 Å². The van der Waals surface area contributed by atoms with E-state index in [1.165, 1.54) is 0 Å². The molecule has 1 atom stereocenters. The largest absolute Gasteiger partial charge is 0.430 e. The highest BCUT2D eigenvalue weighted by Gasteiger charge is 2.23. The standard InChI is InChI=1S/C12H10ClO2P/c13-16(14,12-9-5-2-6-10-12)15-11-7-3-1-4-8-11/h1-10H/t16-/m1/s1. The van der Waals surface area contributed by atoms with Crippen LogP contribution in [0.25, 0.3) is 0 Å². The van der Waals surface area contributed by atoms with E-state index >= 15 is 0 Å². The van der Waals surface area contributed by atoms with Crippen LogP contribution in [0.15, 0.2) is 60.7 Å². The van der Waals surface area contributed by atoms with Gasteiger partial charge in [0, 0.05) is 0 Å². The molecule has 0 amide bonds. The van der Waals surface area contributed by atoms with Crippen LogP contribution in [0.1, 0.15) is 0 Å². The van der Waals surface area contributed by atoms with Crippen LogP contribution in [0.3, 0.4) is 0 Å². The maximum absolute atomic E-state index is 12.1. The zero-order chi connectivity index (χ0) is 11.4. The lowest BCUT2D eigenvalue weighted by Crippen LogP contribution is -2.04. The Bertz CT molecular complexity index is 499. The van der Waals surface area contributed by atoms with Crippen molar-refractivity contribution < 1.29 is 9.09 Å². The summed E-state index contributed by atoms with van der Waals surface area (Å²) in [5, 5.41) is 0.500. The molecule has 0 N–H and O–H groups in total. The van der Waals surface area contributed by atoms with Gasteiger partial charge in [-0.05, 0) is 35.5 Å². The Balaban J connectivity index is 2.25. The molecule has 0 unspecified atom stereocenters. The predicted octanol–water partition coefficient (Wildman–Crippen LogP) is 3.82. The first kappa shape index (κ1) is 11.3. The molecule has 0 radical (unpaired) electrons. The molecule has 0 aliphatic heterocycles. The minimum atomic E-state index is -3.29. The van der Waals surface area contributed by atoms with E-state index in [1.54, 1.807) is 48.5 Å². The maximum atomic E-state index is 12.1. The van der Waals surface area contributed by atoms with Crippen molar-refractivity contribution in [3.63, 3.8) is 0 Å². The van der Waals surface area contributed by atoms with Gasteiger partial charge in [0.05, 0.1) is 5.30 Å². The highest BCUT2D eigenvalue weighted by atomic mass is 35.7. The van der Waals surface area contributed by atoms with Crippen LogP contribution in [0.2, 0.25) is 0 Å². The number of para-hydroxylation sites is 1. The molecule has 0 bridgehead atoms. The van der Waals surface area contributed by atoms with Crippen molar-refractivity contribution in [1.29, 1.82) is 0 Å². The van der Waals surface area contributed by atoms with E-state index in [9.17, 15) is 4.57 Å². The molecule has 0 aliphatic rings. The van der Waals surface area contributed by atoms with Gasteiger partial charge in [-0.15, -0.1) is 0 Å². The Kier molecular flexibility index (Phi) is 3.33. The van der Waals surface area contributed by atoms with Gasteiger partial charge < -0.3 is 4.52 Å². The van der Waals surface area contributed by atoms with Crippen LogP contribution >= 0.6 is 18.0 Å². The molecule has 0 aromatic heterocycles. The van der Waals surface area contributed by atoms with E-state index < -0.39 is 6.72 Å². The van der Waals surface area contributed by atoms with E-state index in [0.29, 0.717) is 11.1 Å². The lowest BCUT2D eigenvalue weighted by atomic mass is 10.3. The minimum absolute atomic E-state index is 0.500. The first-order valence-corrected chi connectivity index (χ1v) is 7.31. The average Bonchev–Trinajstić information content (AvgIpc) is 2.31. The molecule has 2 nitrogen and oxygen atoms in total. The molecule has 16 heavy (non-hydrogen) atoms. The van der Waals surface area contributed by atoms with Crippen molar-refractivity contribution >= 4 is 23.3 Å². The average molecular weight is 253 g/mol. The molecule has 82 valence electrons. The third kappa shape index (κ3) is 2.66. The van der Waals surface area contributed by atoms with Crippen molar-refractivity contribution in [2.24, 2.45) is 0 Å². The first-order valence-electron chi connectivity index (χ1n) is 4.78. The van der Waals surface area contributed by atoms with Gasteiger partial charge >= 0.3 is 6.72 Å². The molecular formula is C12H10ClO2P. The fraction of sp³-hybridized carbons (Fsp3) is 0. The summed E-state index contributed by atoms with van der Waals surface area (Å²) >= 11 is 5.93. The van der Waals surface area contributed by atoms with Gasteiger partial charge in [-0.3, -0.25) is 4.57 Å². The molecule has 2 rings (SSSR count). The lowest BCUT2D eigenvalue weighted by Gasteiger charge is -2.12. The van der Waals surface area contributed by atoms with Crippen LogP contribution in [-0.2, 0) is 4.57 Å². The normalized spacial score (nSPS) is 14.1. The molecule has 4 heteroatoms. The summed E-state index contributed by atoms with van der Waals surface area (Å²) in [4.78, 5) is 0. The number of hydrogen-bond donors (Lipinski definition) is 0.